The van der Waals surface area contributed by atoms with Gasteiger partial charge in [0.1, 0.15) is 10.9 Å². The second kappa shape index (κ2) is 8.34. The monoisotopic (exact) mass is 484 g/mol. The summed E-state index contributed by atoms with van der Waals surface area (Å²) >= 11 is 4.66. The molecule has 32 heavy (non-hydrogen) atoms. The predicted octanol–water partition coefficient (Wildman–Crippen LogP) is 4.36. The normalized spacial score (nSPS) is 22.1. The number of nitrogens with one attached hydrogen (secondary N) is 2. The number of carbonyl (C=O) groups excluding carboxylic acids is 3. The zero-order chi connectivity index (χ0) is 22.3. The number of thiazole rings is 1. The summed E-state index contributed by atoms with van der Waals surface area (Å²) in [6.45, 7) is 1.46. The molecule has 0 spiro atoms. The summed E-state index contributed by atoms with van der Waals surface area (Å²) < 4.78 is 0. The number of hydrogen-bond donors (Lipinski definition) is 2. The van der Waals surface area contributed by atoms with Gasteiger partial charge >= 0.3 is 0 Å². The number of aromatic nitrogens is 1. The van der Waals surface area contributed by atoms with Crippen LogP contribution in [0.1, 0.15) is 24.6 Å². The average molecular weight is 485 g/mol. The summed E-state index contributed by atoms with van der Waals surface area (Å²) in [5.41, 5.74) is 2.35. The first-order valence-corrected chi connectivity index (χ1v) is 12.9. The molecule has 2 saturated heterocycles. The zero-order valence-electron chi connectivity index (χ0n) is 17.2. The van der Waals surface area contributed by atoms with Gasteiger partial charge in [0.05, 0.1) is 5.69 Å². The van der Waals surface area contributed by atoms with E-state index in [9.17, 15) is 14.4 Å². The highest BCUT2D eigenvalue weighted by Gasteiger charge is 2.57. The summed E-state index contributed by atoms with van der Waals surface area (Å²) in [5, 5.41) is 10.0. The summed E-state index contributed by atoms with van der Waals surface area (Å²) in [7, 11) is 0. The van der Waals surface area contributed by atoms with E-state index < -0.39 is 10.9 Å². The van der Waals surface area contributed by atoms with E-state index in [0.717, 1.165) is 22.6 Å². The van der Waals surface area contributed by atoms with Gasteiger partial charge in [0.15, 0.2) is 5.13 Å². The maximum atomic E-state index is 13.1. The van der Waals surface area contributed by atoms with Gasteiger partial charge in [0, 0.05) is 40.6 Å². The Morgan fingerprint density at radius 2 is 1.97 bits per heavy atom. The molecule has 3 aromatic rings. The standard InChI is InChI=1S/C22H20N4O3S3/c1-13(27)23-15-6-4-14(5-7-15)16-11-31-21(24-16)25-20(29)17-12-32-22(18-3-2-10-30-18)9-8-19(28)26(17)22/h2-7,10-11,17H,8-9,12H2,1H3,(H,23,27)(H,24,25,29)/t17-,22-/m0/s1. The van der Waals surface area contributed by atoms with Crippen molar-refractivity contribution in [3.63, 3.8) is 0 Å². The van der Waals surface area contributed by atoms with Crippen molar-refractivity contribution in [3.05, 3.63) is 52.0 Å². The maximum absolute atomic E-state index is 13.1. The number of carbonyl (C=O) groups is 3. The van der Waals surface area contributed by atoms with Crippen molar-refractivity contribution in [2.75, 3.05) is 16.4 Å². The lowest BCUT2D eigenvalue weighted by Crippen LogP contribution is -2.47. The van der Waals surface area contributed by atoms with E-state index in [1.807, 2.05) is 47.2 Å². The van der Waals surface area contributed by atoms with E-state index in [1.165, 1.54) is 18.3 Å². The highest BCUT2D eigenvalue weighted by molar-refractivity contribution is 8.00. The molecule has 2 aromatic heterocycles. The smallest absolute Gasteiger partial charge is 0.249 e. The molecule has 1 aromatic carbocycles. The minimum atomic E-state index is -0.513. The number of anilines is 2. The van der Waals surface area contributed by atoms with Gasteiger partial charge < -0.3 is 15.5 Å². The van der Waals surface area contributed by atoms with Crippen LogP contribution in [0.15, 0.2) is 47.2 Å². The number of fused-ring (bicyclic) bond motifs is 1. The third-order valence-corrected chi connectivity index (χ3v) is 9.06. The fourth-order valence-electron chi connectivity index (χ4n) is 4.16. The Balaban J connectivity index is 1.30. The van der Waals surface area contributed by atoms with Crippen molar-refractivity contribution in [3.8, 4) is 11.3 Å². The average Bonchev–Trinajstić information content (AvgIpc) is 3.54. The summed E-state index contributed by atoms with van der Waals surface area (Å²) in [6, 6.07) is 10.9. The van der Waals surface area contributed by atoms with E-state index in [4.69, 9.17) is 0 Å². The first-order valence-electron chi connectivity index (χ1n) is 10.1. The third-order valence-electron chi connectivity index (χ3n) is 5.57. The molecule has 2 aliphatic rings. The lowest BCUT2D eigenvalue weighted by Gasteiger charge is -2.32. The molecular weight excluding hydrogens is 464 g/mol. The molecule has 0 unspecified atom stereocenters. The Morgan fingerprint density at radius 3 is 2.69 bits per heavy atom. The molecule has 2 fully saturated rings. The lowest BCUT2D eigenvalue weighted by molar-refractivity contribution is -0.136. The van der Waals surface area contributed by atoms with Crippen molar-refractivity contribution < 1.29 is 14.4 Å². The number of benzene rings is 1. The van der Waals surface area contributed by atoms with Crippen LogP contribution in [0.5, 0.6) is 0 Å². The second-order valence-corrected chi connectivity index (χ2v) is 10.7. The van der Waals surface area contributed by atoms with Crippen molar-refractivity contribution >= 4 is 63.0 Å². The largest absolute Gasteiger partial charge is 0.326 e. The first kappa shape index (κ1) is 21.2. The van der Waals surface area contributed by atoms with Gasteiger partial charge in [-0.05, 0) is 30.0 Å². The van der Waals surface area contributed by atoms with E-state index in [0.29, 0.717) is 23.0 Å². The van der Waals surface area contributed by atoms with E-state index in [-0.39, 0.29) is 17.7 Å². The van der Waals surface area contributed by atoms with Crippen molar-refractivity contribution in [1.29, 1.82) is 0 Å². The minimum absolute atomic E-state index is 0.0302. The molecule has 3 amide bonds. The van der Waals surface area contributed by atoms with Crippen LogP contribution in [0.3, 0.4) is 0 Å². The quantitative estimate of drug-likeness (QED) is 0.562. The topological polar surface area (TPSA) is 91.4 Å². The zero-order valence-corrected chi connectivity index (χ0v) is 19.6. The Hall–Kier alpha value is -2.69. The Bertz CT molecular complexity index is 1180. The molecule has 5 rings (SSSR count). The van der Waals surface area contributed by atoms with Crippen LogP contribution >= 0.6 is 34.4 Å². The molecule has 2 N–H and O–H groups in total. The van der Waals surface area contributed by atoms with Crippen LogP contribution in [-0.4, -0.2) is 39.4 Å². The number of thiophene rings is 1. The number of thioether (sulfide) groups is 1. The second-order valence-electron chi connectivity index (χ2n) is 7.64. The summed E-state index contributed by atoms with van der Waals surface area (Å²) in [5.74, 6) is 0.273. The lowest BCUT2D eigenvalue weighted by atomic mass is 10.1. The molecule has 164 valence electrons. The van der Waals surface area contributed by atoms with Crippen LogP contribution in [0, 0.1) is 0 Å². The highest BCUT2D eigenvalue weighted by atomic mass is 32.2. The number of rotatable bonds is 5. The molecule has 0 radical (unpaired) electrons. The summed E-state index contributed by atoms with van der Waals surface area (Å²) in [4.78, 5) is 44.0. The van der Waals surface area contributed by atoms with Crippen molar-refractivity contribution in [2.24, 2.45) is 0 Å². The molecule has 4 heterocycles. The van der Waals surface area contributed by atoms with Gasteiger partial charge in [-0.1, -0.05) is 18.2 Å². The van der Waals surface area contributed by atoms with Gasteiger partial charge in [-0.3, -0.25) is 14.4 Å². The molecule has 2 aliphatic heterocycles. The van der Waals surface area contributed by atoms with Gasteiger partial charge in [0.25, 0.3) is 0 Å². The minimum Gasteiger partial charge on any atom is -0.326 e. The fourth-order valence-corrected chi connectivity index (χ4v) is 7.61. The van der Waals surface area contributed by atoms with Crippen molar-refractivity contribution in [2.45, 2.75) is 30.7 Å². The number of hydrogen-bond acceptors (Lipinski definition) is 7. The van der Waals surface area contributed by atoms with Crippen LogP contribution in [0.4, 0.5) is 10.8 Å². The fraction of sp³-hybridized carbons (Fsp3) is 0.273. The SMILES string of the molecule is CC(=O)Nc1ccc(-c2csc(NC(=O)[C@@H]3CS[C@]4(c5cccs5)CCC(=O)N34)n2)cc1. The first-order chi connectivity index (χ1) is 15.5. The molecule has 0 bridgehead atoms. The Labute approximate surface area is 197 Å². The van der Waals surface area contributed by atoms with Gasteiger partial charge in [-0.25, -0.2) is 4.98 Å². The predicted molar refractivity (Wildman–Crippen MR) is 129 cm³/mol. The van der Waals surface area contributed by atoms with E-state index in [1.54, 1.807) is 28.0 Å². The molecule has 0 aliphatic carbocycles. The number of amides is 3. The summed E-state index contributed by atoms with van der Waals surface area (Å²) in [6.07, 6.45) is 1.20. The van der Waals surface area contributed by atoms with E-state index in [2.05, 4.69) is 15.6 Å². The molecule has 7 nitrogen and oxygen atoms in total. The maximum Gasteiger partial charge on any atom is 0.249 e. The van der Waals surface area contributed by atoms with Crippen LogP contribution in [-0.2, 0) is 19.3 Å². The number of nitrogens with zero attached hydrogens (tertiary/aromatic N) is 2. The van der Waals surface area contributed by atoms with Gasteiger partial charge in [0.2, 0.25) is 17.7 Å². The van der Waals surface area contributed by atoms with Gasteiger partial charge in [-0.15, -0.1) is 34.4 Å². The van der Waals surface area contributed by atoms with Crippen LogP contribution in [0.2, 0.25) is 0 Å². The third kappa shape index (κ3) is 3.72. The molecular formula is C22H20N4O3S3. The Kier molecular flexibility index (Phi) is 5.52. The highest BCUT2D eigenvalue weighted by Crippen LogP contribution is 2.55. The van der Waals surface area contributed by atoms with Crippen LogP contribution in [0.25, 0.3) is 11.3 Å². The molecule has 2 atom stereocenters. The van der Waals surface area contributed by atoms with Crippen LogP contribution < -0.4 is 10.6 Å². The molecule has 10 heteroatoms. The van der Waals surface area contributed by atoms with Crippen molar-refractivity contribution in [1.82, 2.24) is 9.88 Å². The Morgan fingerprint density at radius 1 is 1.16 bits per heavy atom. The van der Waals surface area contributed by atoms with Gasteiger partial charge in [-0.2, -0.15) is 0 Å². The molecule has 0 saturated carbocycles. The van der Waals surface area contributed by atoms with E-state index >= 15 is 0 Å².